The number of fused-ring (bicyclic) bond motifs is 1. The Morgan fingerprint density at radius 2 is 1.69 bits per heavy atom. The number of carbonyl (C=O) groups is 2. The molecule has 0 saturated heterocycles. The highest BCUT2D eigenvalue weighted by Gasteiger charge is 2.20. The molecule has 2 rings (SSSR count). The van der Waals surface area contributed by atoms with Crippen molar-refractivity contribution in [1.29, 1.82) is 0 Å². The van der Waals surface area contributed by atoms with E-state index in [1.54, 1.807) is 0 Å². The van der Waals surface area contributed by atoms with Gasteiger partial charge in [-0.3, -0.25) is 9.97 Å². The van der Waals surface area contributed by atoms with E-state index in [0.717, 1.165) is 0 Å². The minimum absolute atomic E-state index is 0.0786. The second-order valence-corrected chi connectivity index (χ2v) is 3.02. The lowest BCUT2D eigenvalue weighted by molar-refractivity contribution is 0.0653. The molecule has 2 N–H and O–H groups in total. The van der Waals surface area contributed by atoms with Gasteiger partial charge in [-0.05, 0) is 12.1 Å². The van der Waals surface area contributed by atoms with Crippen LogP contribution in [0.2, 0.25) is 0 Å². The highest BCUT2D eigenvalue weighted by atomic mass is 16.4. The van der Waals surface area contributed by atoms with E-state index < -0.39 is 11.9 Å². The standard InChI is InChI=1S/C10H6N2O4/c13-9(14)5-1-2-6-8(7(5)10(15)16)12-4-3-11-6/h1-4H,(H,13,14)(H,15,16). The van der Waals surface area contributed by atoms with Gasteiger partial charge in [0.05, 0.1) is 11.1 Å². The number of nitrogens with zero attached hydrogens (tertiary/aromatic N) is 2. The monoisotopic (exact) mass is 218 g/mol. The fourth-order valence-corrected chi connectivity index (χ4v) is 1.43. The minimum atomic E-state index is -1.33. The summed E-state index contributed by atoms with van der Waals surface area (Å²) in [5.41, 5.74) is -0.196. The Balaban J connectivity index is 2.90. The van der Waals surface area contributed by atoms with E-state index >= 15 is 0 Å². The zero-order chi connectivity index (χ0) is 11.7. The molecule has 2 aromatic rings. The van der Waals surface area contributed by atoms with E-state index in [9.17, 15) is 9.59 Å². The molecule has 0 bridgehead atoms. The summed E-state index contributed by atoms with van der Waals surface area (Å²) in [4.78, 5) is 29.6. The Labute approximate surface area is 89.2 Å². The maximum atomic E-state index is 11.0. The first kappa shape index (κ1) is 10.0. The molecule has 0 unspecified atom stereocenters. The van der Waals surface area contributed by atoms with E-state index in [4.69, 9.17) is 10.2 Å². The van der Waals surface area contributed by atoms with Gasteiger partial charge in [-0.2, -0.15) is 0 Å². The first-order valence-electron chi connectivity index (χ1n) is 4.31. The molecule has 0 radical (unpaired) electrons. The van der Waals surface area contributed by atoms with Gasteiger partial charge < -0.3 is 10.2 Å². The van der Waals surface area contributed by atoms with Gasteiger partial charge in [0.25, 0.3) is 0 Å². The quantitative estimate of drug-likeness (QED) is 0.780. The van der Waals surface area contributed by atoms with Crippen molar-refractivity contribution in [3.8, 4) is 0 Å². The molecular weight excluding hydrogens is 212 g/mol. The highest BCUT2D eigenvalue weighted by Crippen LogP contribution is 2.19. The SMILES string of the molecule is O=C(O)c1ccc2nccnc2c1C(=O)O. The molecular formula is C10H6N2O4. The van der Waals surface area contributed by atoms with Crippen LogP contribution >= 0.6 is 0 Å². The van der Waals surface area contributed by atoms with Gasteiger partial charge in [0.1, 0.15) is 11.1 Å². The summed E-state index contributed by atoms with van der Waals surface area (Å²) < 4.78 is 0. The molecule has 0 saturated carbocycles. The molecule has 0 fully saturated rings. The molecule has 16 heavy (non-hydrogen) atoms. The molecule has 0 aliphatic rings. The average molecular weight is 218 g/mol. The number of hydrogen-bond donors (Lipinski definition) is 2. The van der Waals surface area contributed by atoms with E-state index in [-0.39, 0.29) is 16.6 Å². The number of aromatic nitrogens is 2. The van der Waals surface area contributed by atoms with Crippen LogP contribution in [0.3, 0.4) is 0 Å². The summed E-state index contributed by atoms with van der Waals surface area (Å²) in [6.07, 6.45) is 2.73. The van der Waals surface area contributed by atoms with Gasteiger partial charge in [-0.1, -0.05) is 0 Å². The maximum Gasteiger partial charge on any atom is 0.338 e. The smallest absolute Gasteiger partial charge is 0.338 e. The Morgan fingerprint density at radius 3 is 2.31 bits per heavy atom. The summed E-state index contributed by atoms with van der Waals surface area (Å²) in [5.74, 6) is -2.63. The number of carboxylic acid groups (broad SMARTS) is 2. The predicted octanol–water partition coefficient (Wildman–Crippen LogP) is 1.03. The first-order chi connectivity index (χ1) is 7.61. The Morgan fingerprint density at radius 1 is 1.00 bits per heavy atom. The van der Waals surface area contributed by atoms with Crippen molar-refractivity contribution < 1.29 is 19.8 Å². The highest BCUT2D eigenvalue weighted by molar-refractivity contribution is 6.09. The van der Waals surface area contributed by atoms with Crippen molar-refractivity contribution >= 4 is 23.0 Å². The maximum absolute atomic E-state index is 11.0. The van der Waals surface area contributed by atoms with Crippen molar-refractivity contribution in [2.75, 3.05) is 0 Å². The van der Waals surface area contributed by atoms with Crippen molar-refractivity contribution in [3.05, 3.63) is 35.7 Å². The van der Waals surface area contributed by atoms with Crippen molar-refractivity contribution in [3.63, 3.8) is 0 Å². The molecule has 0 aliphatic carbocycles. The second-order valence-electron chi connectivity index (χ2n) is 3.02. The fourth-order valence-electron chi connectivity index (χ4n) is 1.43. The van der Waals surface area contributed by atoms with Crippen LogP contribution in [-0.2, 0) is 0 Å². The molecule has 0 amide bonds. The Bertz CT molecular complexity index is 594. The zero-order valence-corrected chi connectivity index (χ0v) is 7.91. The summed E-state index contributed by atoms with van der Waals surface area (Å²) in [6, 6.07) is 2.64. The Kier molecular flexibility index (Phi) is 2.24. The lowest BCUT2D eigenvalue weighted by Crippen LogP contribution is -2.09. The van der Waals surface area contributed by atoms with E-state index in [0.29, 0.717) is 5.52 Å². The van der Waals surface area contributed by atoms with Crippen molar-refractivity contribution in [2.24, 2.45) is 0 Å². The molecule has 1 aromatic carbocycles. The average Bonchev–Trinajstić information content (AvgIpc) is 2.27. The van der Waals surface area contributed by atoms with Gasteiger partial charge >= 0.3 is 11.9 Å². The third-order valence-electron chi connectivity index (χ3n) is 2.08. The van der Waals surface area contributed by atoms with Crippen LogP contribution in [0.1, 0.15) is 20.7 Å². The molecule has 80 valence electrons. The normalized spacial score (nSPS) is 10.2. The summed E-state index contributed by atoms with van der Waals surface area (Å²) in [6.45, 7) is 0. The molecule has 6 nitrogen and oxygen atoms in total. The molecule has 0 aliphatic heterocycles. The molecule has 1 aromatic heterocycles. The van der Waals surface area contributed by atoms with Crippen LogP contribution < -0.4 is 0 Å². The number of carboxylic acids is 2. The van der Waals surface area contributed by atoms with Gasteiger partial charge in [0.2, 0.25) is 0 Å². The van der Waals surface area contributed by atoms with Crippen LogP contribution in [0, 0.1) is 0 Å². The fraction of sp³-hybridized carbons (Fsp3) is 0. The molecule has 0 spiro atoms. The molecule has 6 heteroatoms. The van der Waals surface area contributed by atoms with Crippen LogP contribution in [-0.4, -0.2) is 32.1 Å². The largest absolute Gasteiger partial charge is 0.478 e. The minimum Gasteiger partial charge on any atom is -0.478 e. The van der Waals surface area contributed by atoms with E-state index in [2.05, 4.69) is 9.97 Å². The summed E-state index contributed by atoms with van der Waals surface area (Å²) in [5, 5.41) is 17.8. The lowest BCUT2D eigenvalue weighted by atomic mass is 10.1. The van der Waals surface area contributed by atoms with Crippen molar-refractivity contribution in [1.82, 2.24) is 9.97 Å². The van der Waals surface area contributed by atoms with Crippen LogP contribution in [0.15, 0.2) is 24.5 Å². The third kappa shape index (κ3) is 1.46. The number of benzene rings is 1. The van der Waals surface area contributed by atoms with Gasteiger partial charge in [0.15, 0.2) is 0 Å². The van der Waals surface area contributed by atoms with Gasteiger partial charge in [0, 0.05) is 12.4 Å². The first-order valence-corrected chi connectivity index (χ1v) is 4.31. The van der Waals surface area contributed by atoms with Crippen molar-refractivity contribution in [2.45, 2.75) is 0 Å². The lowest BCUT2D eigenvalue weighted by Gasteiger charge is -2.04. The Hall–Kier alpha value is -2.50. The zero-order valence-electron chi connectivity index (χ0n) is 7.91. The third-order valence-corrected chi connectivity index (χ3v) is 2.08. The summed E-state index contributed by atoms with van der Waals surface area (Å²) >= 11 is 0. The van der Waals surface area contributed by atoms with Crippen LogP contribution in [0.25, 0.3) is 11.0 Å². The molecule has 0 atom stereocenters. The topological polar surface area (TPSA) is 100 Å². The van der Waals surface area contributed by atoms with Gasteiger partial charge in [-0.15, -0.1) is 0 Å². The molecule has 1 heterocycles. The second kappa shape index (κ2) is 3.58. The van der Waals surface area contributed by atoms with Gasteiger partial charge in [-0.25, -0.2) is 9.59 Å². The number of aromatic carboxylic acids is 2. The summed E-state index contributed by atoms with van der Waals surface area (Å²) in [7, 11) is 0. The van der Waals surface area contributed by atoms with Crippen LogP contribution in [0.4, 0.5) is 0 Å². The number of rotatable bonds is 2. The van der Waals surface area contributed by atoms with E-state index in [1.165, 1.54) is 24.5 Å². The van der Waals surface area contributed by atoms with Crippen LogP contribution in [0.5, 0.6) is 0 Å². The van der Waals surface area contributed by atoms with E-state index in [1.807, 2.05) is 0 Å². The number of hydrogen-bond acceptors (Lipinski definition) is 4. The predicted molar refractivity (Wildman–Crippen MR) is 53.5 cm³/mol.